The molecule has 0 aliphatic rings. The van der Waals surface area contributed by atoms with Crippen LogP contribution in [0, 0.1) is 15.4 Å². The molecule has 0 bridgehead atoms. The van der Waals surface area contributed by atoms with E-state index in [9.17, 15) is 4.79 Å². The highest BCUT2D eigenvalue weighted by atomic mass is 127. The Labute approximate surface area is 96.5 Å². The molecule has 1 rings (SSSR count). The van der Waals surface area contributed by atoms with Crippen molar-refractivity contribution in [3.8, 4) is 11.8 Å². The summed E-state index contributed by atoms with van der Waals surface area (Å²) in [6, 6.07) is 7.22. The summed E-state index contributed by atoms with van der Waals surface area (Å²) >= 11 is 2.17. The molecule has 0 atom stereocenters. The van der Waals surface area contributed by atoms with E-state index >= 15 is 0 Å². The minimum atomic E-state index is -0.199. The molecule has 0 aromatic heterocycles. The molecule has 14 heavy (non-hydrogen) atoms. The fraction of sp³-hybridized carbons (Fsp3) is 0.182. The Balaban J connectivity index is 2.72. The maximum absolute atomic E-state index is 11.4. The molecule has 0 saturated heterocycles. The summed E-state index contributed by atoms with van der Waals surface area (Å²) in [5.41, 5.74) is 0.593. The molecule has 0 unspecified atom stereocenters. The lowest BCUT2D eigenvalue weighted by atomic mass is 10.1. The highest BCUT2D eigenvalue weighted by molar-refractivity contribution is 14.1. The van der Waals surface area contributed by atoms with Gasteiger partial charge in [0.05, 0.1) is 6.61 Å². The molecule has 0 amide bonds. The first kappa shape index (κ1) is 11.2. The van der Waals surface area contributed by atoms with E-state index in [2.05, 4.69) is 34.4 Å². The minimum Gasteiger partial charge on any atom is -0.395 e. The molecule has 0 aliphatic carbocycles. The van der Waals surface area contributed by atoms with Crippen molar-refractivity contribution in [3.05, 3.63) is 33.4 Å². The highest BCUT2D eigenvalue weighted by Crippen LogP contribution is 2.06. The van der Waals surface area contributed by atoms with Gasteiger partial charge in [0.2, 0.25) is 5.78 Å². The smallest absolute Gasteiger partial charge is 0.235 e. The van der Waals surface area contributed by atoms with Gasteiger partial charge in [-0.3, -0.25) is 4.79 Å². The molecular formula is C11H9IO2. The average molecular weight is 300 g/mol. The van der Waals surface area contributed by atoms with Crippen LogP contribution in [-0.2, 0) is 0 Å². The van der Waals surface area contributed by atoms with Crippen LogP contribution < -0.4 is 0 Å². The van der Waals surface area contributed by atoms with Gasteiger partial charge in [0, 0.05) is 15.6 Å². The van der Waals surface area contributed by atoms with Crippen molar-refractivity contribution in [2.75, 3.05) is 6.61 Å². The standard InChI is InChI=1S/C11H9IO2/c12-10-6-4-9(5-7-10)11(14)3-1-2-8-13/h4-7,13H,2,8H2. The Kier molecular flexibility index (Phi) is 4.63. The fourth-order valence-electron chi connectivity index (χ4n) is 0.872. The third kappa shape index (κ3) is 3.48. The van der Waals surface area contributed by atoms with E-state index in [0.717, 1.165) is 3.57 Å². The SMILES string of the molecule is O=C(C#CCCO)c1ccc(I)cc1. The van der Waals surface area contributed by atoms with Crippen molar-refractivity contribution in [1.82, 2.24) is 0 Å². The fourth-order valence-corrected chi connectivity index (χ4v) is 1.23. The lowest BCUT2D eigenvalue weighted by Crippen LogP contribution is -1.94. The number of halogens is 1. The predicted octanol–water partition coefficient (Wildman–Crippen LogP) is 1.86. The van der Waals surface area contributed by atoms with Gasteiger partial charge in [-0.05, 0) is 52.8 Å². The van der Waals surface area contributed by atoms with Gasteiger partial charge in [0.15, 0.2) is 0 Å². The second-order valence-electron chi connectivity index (χ2n) is 2.61. The molecule has 0 spiro atoms. The Hall–Kier alpha value is -0.860. The summed E-state index contributed by atoms with van der Waals surface area (Å²) in [5.74, 6) is 4.87. The molecule has 0 radical (unpaired) electrons. The quantitative estimate of drug-likeness (QED) is 0.392. The van der Waals surface area contributed by atoms with Crippen LogP contribution in [0.25, 0.3) is 0 Å². The maximum Gasteiger partial charge on any atom is 0.235 e. The molecule has 72 valence electrons. The molecule has 0 fully saturated rings. The number of Topliss-reactive ketones (excluding diaryl/α,β-unsaturated/α-hetero) is 1. The first-order chi connectivity index (χ1) is 6.74. The number of carbonyl (C=O) groups excluding carboxylic acids is 1. The number of hydrogen-bond acceptors (Lipinski definition) is 2. The number of aliphatic hydroxyl groups excluding tert-OH is 1. The Morgan fingerprint density at radius 3 is 2.57 bits per heavy atom. The number of rotatable bonds is 2. The molecule has 2 nitrogen and oxygen atoms in total. The van der Waals surface area contributed by atoms with E-state index in [4.69, 9.17) is 5.11 Å². The van der Waals surface area contributed by atoms with E-state index < -0.39 is 0 Å². The lowest BCUT2D eigenvalue weighted by Gasteiger charge is -1.93. The molecule has 1 aromatic carbocycles. The number of carbonyl (C=O) groups is 1. The molecule has 0 aliphatic heterocycles. The molecule has 1 N–H and O–H groups in total. The summed E-state index contributed by atoms with van der Waals surface area (Å²) in [7, 11) is 0. The summed E-state index contributed by atoms with van der Waals surface area (Å²) in [4.78, 5) is 11.4. The number of aliphatic hydroxyl groups is 1. The number of ketones is 1. The molecule has 0 heterocycles. The van der Waals surface area contributed by atoms with Crippen LogP contribution in [-0.4, -0.2) is 17.5 Å². The van der Waals surface area contributed by atoms with E-state index in [1.54, 1.807) is 12.1 Å². The van der Waals surface area contributed by atoms with Crippen molar-refractivity contribution >= 4 is 28.4 Å². The second-order valence-corrected chi connectivity index (χ2v) is 3.86. The Morgan fingerprint density at radius 1 is 1.36 bits per heavy atom. The summed E-state index contributed by atoms with van der Waals surface area (Å²) in [5, 5.41) is 8.47. The van der Waals surface area contributed by atoms with Crippen LogP contribution in [0.4, 0.5) is 0 Å². The van der Waals surface area contributed by atoms with Crippen molar-refractivity contribution in [2.24, 2.45) is 0 Å². The van der Waals surface area contributed by atoms with Crippen LogP contribution in [0.3, 0.4) is 0 Å². The van der Waals surface area contributed by atoms with Gasteiger partial charge >= 0.3 is 0 Å². The van der Waals surface area contributed by atoms with Crippen molar-refractivity contribution < 1.29 is 9.90 Å². The topological polar surface area (TPSA) is 37.3 Å². The van der Waals surface area contributed by atoms with E-state index in [1.807, 2.05) is 12.1 Å². The number of hydrogen-bond donors (Lipinski definition) is 1. The van der Waals surface area contributed by atoms with Gasteiger partial charge in [-0.1, -0.05) is 5.92 Å². The minimum absolute atomic E-state index is 0.00698. The maximum atomic E-state index is 11.4. The Morgan fingerprint density at radius 2 is 2.00 bits per heavy atom. The number of benzene rings is 1. The van der Waals surface area contributed by atoms with E-state index in [-0.39, 0.29) is 12.4 Å². The molecular weight excluding hydrogens is 291 g/mol. The van der Waals surface area contributed by atoms with Crippen LogP contribution in [0.2, 0.25) is 0 Å². The largest absolute Gasteiger partial charge is 0.395 e. The van der Waals surface area contributed by atoms with Crippen molar-refractivity contribution in [1.29, 1.82) is 0 Å². The van der Waals surface area contributed by atoms with Crippen molar-refractivity contribution in [3.63, 3.8) is 0 Å². The zero-order valence-corrected chi connectivity index (χ0v) is 9.61. The summed E-state index contributed by atoms with van der Waals surface area (Å²) in [6.07, 6.45) is 0.343. The van der Waals surface area contributed by atoms with Gasteiger partial charge in [-0.25, -0.2) is 0 Å². The first-order valence-electron chi connectivity index (χ1n) is 4.13. The van der Waals surface area contributed by atoms with Gasteiger partial charge < -0.3 is 5.11 Å². The van der Waals surface area contributed by atoms with Gasteiger partial charge in [-0.2, -0.15) is 0 Å². The zero-order valence-electron chi connectivity index (χ0n) is 7.46. The van der Waals surface area contributed by atoms with E-state index in [0.29, 0.717) is 12.0 Å². The summed E-state index contributed by atoms with van der Waals surface area (Å²) in [6.45, 7) is -0.00698. The first-order valence-corrected chi connectivity index (χ1v) is 5.21. The van der Waals surface area contributed by atoms with Gasteiger partial charge in [0.1, 0.15) is 0 Å². The third-order valence-electron chi connectivity index (χ3n) is 1.55. The van der Waals surface area contributed by atoms with Crippen molar-refractivity contribution in [2.45, 2.75) is 6.42 Å². The Bertz CT molecular complexity index is 371. The predicted molar refractivity (Wildman–Crippen MR) is 63.0 cm³/mol. The highest BCUT2D eigenvalue weighted by Gasteiger charge is 1.99. The van der Waals surface area contributed by atoms with Crippen LogP contribution in [0.15, 0.2) is 24.3 Å². The monoisotopic (exact) mass is 300 g/mol. The molecule has 1 aromatic rings. The average Bonchev–Trinajstić information content (AvgIpc) is 2.19. The third-order valence-corrected chi connectivity index (χ3v) is 2.26. The summed E-state index contributed by atoms with van der Waals surface area (Å²) < 4.78 is 1.09. The molecule has 0 saturated carbocycles. The zero-order chi connectivity index (χ0) is 10.4. The second kappa shape index (κ2) is 5.78. The van der Waals surface area contributed by atoms with Gasteiger partial charge in [0.25, 0.3) is 0 Å². The molecule has 3 heteroatoms. The van der Waals surface area contributed by atoms with Crippen LogP contribution in [0.5, 0.6) is 0 Å². The normalized spacial score (nSPS) is 9.00. The van der Waals surface area contributed by atoms with Gasteiger partial charge in [-0.15, -0.1) is 0 Å². The lowest BCUT2D eigenvalue weighted by molar-refractivity contribution is 0.105. The van der Waals surface area contributed by atoms with Crippen LogP contribution >= 0.6 is 22.6 Å². The van der Waals surface area contributed by atoms with E-state index in [1.165, 1.54) is 0 Å². The van der Waals surface area contributed by atoms with Crippen LogP contribution in [0.1, 0.15) is 16.8 Å².